The second-order valence-electron chi connectivity index (χ2n) is 6.37. The van der Waals surface area contributed by atoms with Crippen molar-refractivity contribution in [2.45, 2.75) is 33.9 Å². The number of benzene rings is 2. The van der Waals surface area contributed by atoms with E-state index >= 15 is 0 Å². The van der Waals surface area contributed by atoms with Crippen LogP contribution in [-0.2, 0) is 0 Å². The molecule has 24 heavy (non-hydrogen) atoms. The van der Waals surface area contributed by atoms with Gasteiger partial charge in [-0.25, -0.2) is 0 Å². The summed E-state index contributed by atoms with van der Waals surface area (Å²) >= 11 is 0. The first-order chi connectivity index (χ1) is 11.4. The molecule has 4 nitrogen and oxygen atoms in total. The Kier molecular flexibility index (Phi) is 3.70. The topological polar surface area (TPSA) is 54.1 Å². The smallest absolute Gasteiger partial charge is 0.103 e. The van der Waals surface area contributed by atoms with Gasteiger partial charge in [0.25, 0.3) is 0 Å². The van der Waals surface area contributed by atoms with Gasteiger partial charge in [0, 0.05) is 12.7 Å². The predicted molar refractivity (Wildman–Crippen MR) is 96.5 cm³/mol. The molecule has 0 saturated carbocycles. The first-order valence-corrected chi connectivity index (χ1v) is 7.98. The van der Waals surface area contributed by atoms with Crippen molar-refractivity contribution in [1.82, 2.24) is 0 Å². The van der Waals surface area contributed by atoms with Gasteiger partial charge in [0.15, 0.2) is 0 Å². The molecule has 1 atom stereocenters. The van der Waals surface area contributed by atoms with Crippen molar-refractivity contribution in [3.8, 4) is 12.1 Å². The summed E-state index contributed by atoms with van der Waals surface area (Å²) in [4.78, 5) is 4.35. The SMILES string of the molecule is Cc1ccc(C)c(N2c3ccc(C#N)c(C#N)c3N(C)C2C)c1C. The maximum atomic E-state index is 9.58. The van der Waals surface area contributed by atoms with Gasteiger partial charge in [-0.1, -0.05) is 12.1 Å². The molecule has 0 radical (unpaired) electrons. The maximum Gasteiger partial charge on any atom is 0.103 e. The van der Waals surface area contributed by atoms with Gasteiger partial charge < -0.3 is 9.80 Å². The van der Waals surface area contributed by atoms with Gasteiger partial charge in [0.05, 0.1) is 22.5 Å². The molecular weight excluding hydrogens is 296 g/mol. The lowest BCUT2D eigenvalue weighted by atomic mass is 10.0. The van der Waals surface area contributed by atoms with E-state index in [2.05, 4.69) is 61.8 Å². The molecule has 0 aromatic heterocycles. The Morgan fingerprint density at radius 1 is 0.917 bits per heavy atom. The summed E-state index contributed by atoms with van der Waals surface area (Å²) in [6.07, 6.45) is 0.0697. The fourth-order valence-electron chi connectivity index (χ4n) is 3.51. The molecule has 1 unspecified atom stereocenters. The largest absolute Gasteiger partial charge is 0.351 e. The third-order valence-electron chi connectivity index (χ3n) is 5.08. The summed E-state index contributed by atoms with van der Waals surface area (Å²) in [6, 6.07) is 12.3. The van der Waals surface area contributed by atoms with E-state index in [1.165, 1.54) is 22.4 Å². The zero-order chi connectivity index (χ0) is 17.6. The van der Waals surface area contributed by atoms with Crippen LogP contribution < -0.4 is 9.80 Å². The van der Waals surface area contributed by atoms with Crippen LogP contribution in [0.2, 0.25) is 0 Å². The van der Waals surface area contributed by atoms with Gasteiger partial charge in [0.2, 0.25) is 0 Å². The third-order valence-corrected chi connectivity index (χ3v) is 5.08. The van der Waals surface area contributed by atoms with Crippen molar-refractivity contribution < 1.29 is 0 Å². The van der Waals surface area contributed by atoms with Crippen LogP contribution in [-0.4, -0.2) is 13.2 Å². The van der Waals surface area contributed by atoms with E-state index in [0.29, 0.717) is 11.1 Å². The number of hydrogen-bond donors (Lipinski definition) is 0. The third kappa shape index (κ3) is 2.04. The minimum absolute atomic E-state index is 0.0697. The van der Waals surface area contributed by atoms with E-state index in [-0.39, 0.29) is 6.17 Å². The second kappa shape index (κ2) is 5.58. The number of anilines is 3. The Labute approximate surface area is 143 Å². The highest BCUT2D eigenvalue weighted by molar-refractivity contribution is 5.90. The quantitative estimate of drug-likeness (QED) is 0.787. The minimum Gasteiger partial charge on any atom is -0.351 e. The van der Waals surface area contributed by atoms with Crippen LogP contribution in [0.1, 0.15) is 34.7 Å². The van der Waals surface area contributed by atoms with E-state index in [9.17, 15) is 10.5 Å². The Morgan fingerprint density at radius 3 is 2.21 bits per heavy atom. The van der Waals surface area contributed by atoms with Crippen LogP contribution in [0.25, 0.3) is 0 Å². The van der Waals surface area contributed by atoms with Crippen LogP contribution >= 0.6 is 0 Å². The van der Waals surface area contributed by atoms with Gasteiger partial charge in [-0.05, 0) is 56.5 Å². The second-order valence-corrected chi connectivity index (χ2v) is 6.37. The van der Waals surface area contributed by atoms with Gasteiger partial charge >= 0.3 is 0 Å². The number of nitriles is 2. The molecule has 3 rings (SSSR count). The first-order valence-electron chi connectivity index (χ1n) is 7.98. The van der Waals surface area contributed by atoms with E-state index in [0.717, 1.165) is 11.4 Å². The molecule has 1 aliphatic heterocycles. The number of fused-ring (bicyclic) bond motifs is 1. The molecule has 0 saturated heterocycles. The van der Waals surface area contributed by atoms with Crippen LogP contribution in [0.3, 0.4) is 0 Å². The van der Waals surface area contributed by atoms with Crippen molar-refractivity contribution in [1.29, 1.82) is 10.5 Å². The molecule has 1 aliphatic rings. The highest BCUT2D eigenvalue weighted by atomic mass is 15.4. The monoisotopic (exact) mass is 316 g/mol. The number of rotatable bonds is 1. The molecule has 0 fully saturated rings. The maximum absolute atomic E-state index is 9.58. The standard InChI is InChI=1S/C20H20N4/c1-12-6-7-13(2)19(14(12)3)24-15(4)23(5)20-17(11-22)16(10-21)8-9-18(20)24/h6-9,15H,1-5H3. The molecule has 120 valence electrons. The van der Waals surface area contributed by atoms with Crippen LogP contribution in [0.4, 0.5) is 17.1 Å². The van der Waals surface area contributed by atoms with E-state index in [4.69, 9.17) is 0 Å². The molecule has 2 aromatic rings. The summed E-state index contributed by atoms with van der Waals surface area (Å²) in [7, 11) is 1.98. The number of hydrogen-bond acceptors (Lipinski definition) is 4. The van der Waals surface area contributed by atoms with Gasteiger partial charge in [-0.2, -0.15) is 10.5 Å². The Hall–Kier alpha value is -2.98. The van der Waals surface area contributed by atoms with Crippen molar-refractivity contribution in [2.75, 3.05) is 16.8 Å². The van der Waals surface area contributed by atoms with E-state index in [1.807, 2.05) is 13.1 Å². The van der Waals surface area contributed by atoms with Crippen molar-refractivity contribution in [3.05, 3.63) is 52.1 Å². The molecule has 0 spiro atoms. The first kappa shape index (κ1) is 15.9. The number of aryl methyl sites for hydroxylation is 2. The van der Waals surface area contributed by atoms with Gasteiger partial charge in [0.1, 0.15) is 18.3 Å². The minimum atomic E-state index is 0.0697. The molecule has 0 bridgehead atoms. The zero-order valence-electron chi connectivity index (χ0n) is 14.7. The van der Waals surface area contributed by atoms with E-state index < -0.39 is 0 Å². The molecule has 2 aromatic carbocycles. The Bertz CT molecular complexity index is 915. The zero-order valence-corrected chi connectivity index (χ0v) is 14.7. The summed E-state index contributed by atoms with van der Waals surface area (Å²) < 4.78 is 0. The van der Waals surface area contributed by atoms with E-state index in [1.54, 1.807) is 6.07 Å². The van der Waals surface area contributed by atoms with Crippen LogP contribution in [0, 0.1) is 43.4 Å². The molecule has 0 amide bonds. The molecule has 1 heterocycles. The van der Waals surface area contributed by atoms with Crippen LogP contribution in [0.5, 0.6) is 0 Å². The highest BCUT2D eigenvalue weighted by Gasteiger charge is 2.36. The summed E-state index contributed by atoms with van der Waals surface area (Å²) in [5, 5.41) is 18.9. The normalized spacial score (nSPS) is 15.9. The van der Waals surface area contributed by atoms with Gasteiger partial charge in [-0.15, -0.1) is 0 Å². The Balaban J connectivity index is 2.32. The fourth-order valence-corrected chi connectivity index (χ4v) is 3.51. The average molecular weight is 316 g/mol. The van der Waals surface area contributed by atoms with Gasteiger partial charge in [-0.3, -0.25) is 0 Å². The predicted octanol–water partition coefficient (Wildman–Crippen LogP) is 4.29. The lowest BCUT2D eigenvalue weighted by molar-refractivity contribution is 0.730. The molecule has 0 aliphatic carbocycles. The van der Waals surface area contributed by atoms with Crippen molar-refractivity contribution in [3.63, 3.8) is 0 Å². The van der Waals surface area contributed by atoms with Crippen LogP contribution in [0.15, 0.2) is 24.3 Å². The lowest BCUT2D eigenvalue weighted by Crippen LogP contribution is -2.36. The fraction of sp³-hybridized carbons (Fsp3) is 0.300. The molecule has 0 N–H and O–H groups in total. The summed E-state index contributed by atoms with van der Waals surface area (Å²) in [5.74, 6) is 0. The Morgan fingerprint density at radius 2 is 1.58 bits per heavy atom. The highest BCUT2D eigenvalue weighted by Crippen LogP contribution is 2.47. The summed E-state index contributed by atoms with van der Waals surface area (Å²) in [5.41, 5.74) is 7.57. The van der Waals surface area contributed by atoms with Crippen molar-refractivity contribution >= 4 is 17.1 Å². The number of nitrogens with zero attached hydrogens (tertiary/aromatic N) is 4. The van der Waals surface area contributed by atoms with Crippen molar-refractivity contribution in [2.24, 2.45) is 0 Å². The molecule has 4 heteroatoms. The molecular formula is C20H20N4. The summed E-state index contributed by atoms with van der Waals surface area (Å²) in [6.45, 7) is 8.48. The lowest BCUT2D eigenvalue weighted by Gasteiger charge is -2.31. The average Bonchev–Trinajstić information content (AvgIpc) is 2.83.